The summed E-state index contributed by atoms with van der Waals surface area (Å²) in [6.07, 6.45) is 1.55. The highest BCUT2D eigenvalue weighted by atomic mass is 32.2. The maximum Gasteiger partial charge on any atom is 0.264 e. The second-order valence-electron chi connectivity index (χ2n) is 6.10. The van der Waals surface area contributed by atoms with Crippen LogP contribution in [0.2, 0.25) is 0 Å². The Hall–Kier alpha value is -2.64. The Morgan fingerprint density at radius 3 is 2.41 bits per heavy atom. The van der Waals surface area contributed by atoms with Crippen molar-refractivity contribution in [3.05, 3.63) is 71.6 Å². The van der Waals surface area contributed by atoms with Crippen LogP contribution in [0.3, 0.4) is 0 Å². The van der Waals surface area contributed by atoms with Crippen LogP contribution >= 0.6 is 0 Å². The molecule has 0 radical (unpaired) electrons. The van der Waals surface area contributed by atoms with E-state index in [1.54, 1.807) is 0 Å². The lowest BCUT2D eigenvalue weighted by Crippen LogP contribution is -2.06. The first-order valence-corrected chi connectivity index (χ1v) is 10.3. The molecule has 6 nitrogen and oxygen atoms in total. The molecule has 0 atom stereocenters. The number of hydrogen-bond acceptors (Lipinski definition) is 6. The first kappa shape index (κ1) is 19.1. The molecule has 142 valence electrons. The Morgan fingerprint density at radius 2 is 1.74 bits per heavy atom. The Balaban J connectivity index is 1.57. The second kappa shape index (κ2) is 8.37. The van der Waals surface area contributed by atoms with E-state index in [2.05, 4.69) is 4.98 Å². The molecular weight excluding hydrogens is 366 g/mol. The van der Waals surface area contributed by atoms with Crippen molar-refractivity contribution in [2.75, 3.05) is 12.9 Å². The molecule has 0 saturated heterocycles. The van der Waals surface area contributed by atoms with Crippen molar-refractivity contribution in [3.8, 4) is 17.2 Å². The highest BCUT2D eigenvalue weighted by molar-refractivity contribution is 7.85. The first-order chi connectivity index (χ1) is 12.9. The van der Waals surface area contributed by atoms with Crippen LogP contribution in [-0.2, 0) is 27.3 Å². The Bertz CT molecular complexity index is 979. The van der Waals surface area contributed by atoms with Gasteiger partial charge in [-0.05, 0) is 43.2 Å². The van der Waals surface area contributed by atoms with Gasteiger partial charge < -0.3 is 9.15 Å². The number of benzene rings is 2. The Kier molecular flexibility index (Phi) is 5.93. The van der Waals surface area contributed by atoms with E-state index in [0.29, 0.717) is 24.7 Å². The fourth-order valence-corrected chi connectivity index (χ4v) is 2.87. The largest absolute Gasteiger partial charge is 0.487 e. The third kappa shape index (κ3) is 5.67. The number of aromatic nitrogens is 1. The summed E-state index contributed by atoms with van der Waals surface area (Å²) in [7, 11) is -3.40. The number of nitrogens with zero attached hydrogens (tertiary/aromatic N) is 1. The molecule has 3 rings (SSSR count). The third-order valence-corrected chi connectivity index (χ3v) is 4.50. The molecule has 0 amide bonds. The zero-order chi connectivity index (χ0) is 19.3. The SMILES string of the molecule is Cc1oc(-c2ccccc2)nc1COc1ccc(CCOS(C)(=O)=O)cc1. The van der Waals surface area contributed by atoms with Gasteiger partial charge in [0.25, 0.3) is 10.1 Å². The summed E-state index contributed by atoms with van der Waals surface area (Å²) in [4.78, 5) is 4.51. The van der Waals surface area contributed by atoms with Gasteiger partial charge in [0.1, 0.15) is 23.8 Å². The number of hydrogen-bond donors (Lipinski definition) is 0. The summed E-state index contributed by atoms with van der Waals surface area (Å²) >= 11 is 0. The molecule has 3 aromatic rings. The average molecular weight is 387 g/mol. The van der Waals surface area contributed by atoms with E-state index in [4.69, 9.17) is 13.3 Å². The monoisotopic (exact) mass is 387 g/mol. The van der Waals surface area contributed by atoms with Gasteiger partial charge in [-0.3, -0.25) is 4.18 Å². The Morgan fingerprint density at radius 1 is 1.04 bits per heavy atom. The molecule has 1 aromatic heterocycles. The van der Waals surface area contributed by atoms with Crippen molar-refractivity contribution in [3.63, 3.8) is 0 Å². The first-order valence-electron chi connectivity index (χ1n) is 8.48. The summed E-state index contributed by atoms with van der Waals surface area (Å²) in [5, 5.41) is 0. The minimum atomic E-state index is -3.40. The zero-order valence-electron chi connectivity index (χ0n) is 15.2. The molecule has 0 saturated carbocycles. The molecule has 0 spiro atoms. The summed E-state index contributed by atoms with van der Waals surface area (Å²) in [6, 6.07) is 17.1. The smallest absolute Gasteiger partial charge is 0.264 e. The summed E-state index contributed by atoms with van der Waals surface area (Å²) in [5.74, 6) is 2.00. The fraction of sp³-hybridized carbons (Fsp3) is 0.250. The second-order valence-corrected chi connectivity index (χ2v) is 7.74. The molecule has 0 aliphatic carbocycles. The van der Waals surface area contributed by atoms with E-state index in [1.165, 1.54) is 0 Å². The minimum Gasteiger partial charge on any atom is -0.487 e. The minimum absolute atomic E-state index is 0.124. The number of oxazole rings is 1. The third-order valence-electron chi connectivity index (χ3n) is 3.90. The van der Waals surface area contributed by atoms with E-state index in [0.717, 1.165) is 28.8 Å². The summed E-state index contributed by atoms with van der Waals surface area (Å²) in [6.45, 7) is 2.29. The van der Waals surface area contributed by atoms with Crippen molar-refractivity contribution in [1.29, 1.82) is 0 Å². The predicted molar refractivity (Wildman–Crippen MR) is 102 cm³/mol. The molecule has 0 aliphatic heterocycles. The van der Waals surface area contributed by atoms with Crippen LogP contribution in [0.15, 0.2) is 59.0 Å². The molecule has 0 fully saturated rings. The lowest BCUT2D eigenvalue weighted by molar-refractivity contribution is 0.299. The van der Waals surface area contributed by atoms with E-state index in [9.17, 15) is 8.42 Å². The van der Waals surface area contributed by atoms with E-state index >= 15 is 0 Å². The van der Waals surface area contributed by atoms with Gasteiger partial charge in [0, 0.05) is 5.56 Å². The van der Waals surface area contributed by atoms with Crippen LogP contribution in [0.25, 0.3) is 11.5 Å². The average Bonchev–Trinajstić information content (AvgIpc) is 3.02. The summed E-state index contributed by atoms with van der Waals surface area (Å²) in [5.41, 5.74) is 2.64. The van der Waals surface area contributed by atoms with Crippen molar-refractivity contribution in [2.24, 2.45) is 0 Å². The van der Waals surface area contributed by atoms with Gasteiger partial charge >= 0.3 is 0 Å². The topological polar surface area (TPSA) is 78.6 Å². The van der Waals surface area contributed by atoms with Gasteiger partial charge in [-0.15, -0.1) is 0 Å². The zero-order valence-corrected chi connectivity index (χ0v) is 16.0. The fourth-order valence-electron chi connectivity index (χ4n) is 2.48. The van der Waals surface area contributed by atoms with Crippen molar-refractivity contribution in [1.82, 2.24) is 4.98 Å². The van der Waals surface area contributed by atoms with Crippen LogP contribution in [0.5, 0.6) is 5.75 Å². The summed E-state index contributed by atoms with van der Waals surface area (Å²) < 4.78 is 38.2. The van der Waals surface area contributed by atoms with Gasteiger partial charge in [-0.1, -0.05) is 30.3 Å². The van der Waals surface area contributed by atoms with Gasteiger partial charge in [-0.25, -0.2) is 4.98 Å². The molecule has 0 bridgehead atoms. The van der Waals surface area contributed by atoms with Crippen LogP contribution in [0, 0.1) is 6.92 Å². The highest BCUT2D eigenvalue weighted by Gasteiger charge is 2.12. The molecule has 7 heteroatoms. The van der Waals surface area contributed by atoms with Crippen LogP contribution in [0.4, 0.5) is 0 Å². The normalized spacial score (nSPS) is 11.5. The lowest BCUT2D eigenvalue weighted by Gasteiger charge is -2.06. The van der Waals surface area contributed by atoms with Gasteiger partial charge in [0.05, 0.1) is 12.9 Å². The molecular formula is C20H21NO5S. The number of rotatable bonds is 8. The van der Waals surface area contributed by atoms with Crippen molar-refractivity contribution >= 4 is 10.1 Å². The lowest BCUT2D eigenvalue weighted by atomic mass is 10.1. The maximum atomic E-state index is 11.0. The standard InChI is InChI=1S/C20H21NO5S/c1-15-19(21-20(26-15)17-6-4-3-5-7-17)14-24-18-10-8-16(9-11-18)12-13-25-27(2,22)23/h3-11H,12-14H2,1-2H3. The van der Waals surface area contributed by atoms with E-state index < -0.39 is 10.1 Å². The van der Waals surface area contributed by atoms with Gasteiger partial charge in [-0.2, -0.15) is 8.42 Å². The molecule has 0 unspecified atom stereocenters. The van der Waals surface area contributed by atoms with Crippen molar-refractivity contribution in [2.45, 2.75) is 20.0 Å². The van der Waals surface area contributed by atoms with Gasteiger partial charge in [0.15, 0.2) is 0 Å². The molecule has 0 N–H and O–H groups in total. The van der Waals surface area contributed by atoms with E-state index in [-0.39, 0.29) is 6.61 Å². The highest BCUT2D eigenvalue weighted by Crippen LogP contribution is 2.22. The predicted octanol–water partition coefficient (Wildman–Crippen LogP) is 3.75. The molecule has 1 heterocycles. The molecule has 0 aliphatic rings. The number of ether oxygens (including phenoxy) is 1. The van der Waals surface area contributed by atoms with Crippen LogP contribution in [-0.4, -0.2) is 26.3 Å². The Labute approximate surface area is 158 Å². The van der Waals surface area contributed by atoms with Crippen LogP contribution < -0.4 is 4.74 Å². The maximum absolute atomic E-state index is 11.0. The van der Waals surface area contributed by atoms with Crippen molar-refractivity contribution < 1.29 is 21.8 Å². The number of aryl methyl sites for hydroxylation is 1. The van der Waals surface area contributed by atoms with Crippen LogP contribution in [0.1, 0.15) is 17.0 Å². The molecule has 27 heavy (non-hydrogen) atoms. The van der Waals surface area contributed by atoms with E-state index in [1.807, 2.05) is 61.5 Å². The quantitative estimate of drug-likeness (QED) is 0.548. The van der Waals surface area contributed by atoms with Gasteiger partial charge in [0.2, 0.25) is 5.89 Å². The molecule has 2 aromatic carbocycles.